The van der Waals surface area contributed by atoms with Crippen LogP contribution in [0.15, 0.2) is 59.6 Å². The van der Waals surface area contributed by atoms with Crippen LogP contribution in [0.2, 0.25) is 4.47 Å². The zero-order valence-electron chi connectivity index (χ0n) is 19.6. The van der Waals surface area contributed by atoms with E-state index in [9.17, 15) is 13.2 Å². The summed E-state index contributed by atoms with van der Waals surface area (Å²) in [7, 11) is 0. The SMILES string of the molecule is CCC(C)/C(Cl)=C(\NN)N(CCc1ccc(Oc2ccc(C(F)(F)F)cn2)cc1)Cc1cnc(Cl)s1. The Balaban J connectivity index is 1.70. The molecule has 3 N–H and O–H groups in total. The number of aromatic nitrogens is 2. The second-order valence-electron chi connectivity index (χ2n) is 8.03. The van der Waals surface area contributed by atoms with E-state index in [4.69, 9.17) is 33.8 Å². The maximum atomic E-state index is 12.7. The molecule has 0 saturated carbocycles. The molecule has 1 aromatic carbocycles. The van der Waals surface area contributed by atoms with Crippen LogP contribution in [0, 0.1) is 5.92 Å². The highest BCUT2D eigenvalue weighted by Gasteiger charge is 2.30. The number of hydrogen-bond acceptors (Lipinski definition) is 7. The normalized spacial score (nSPS) is 13.2. The van der Waals surface area contributed by atoms with Crippen LogP contribution in [-0.2, 0) is 19.1 Å². The van der Waals surface area contributed by atoms with Crippen LogP contribution >= 0.6 is 34.5 Å². The lowest BCUT2D eigenvalue weighted by Crippen LogP contribution is -2.37. The number of pyridine rings is 1. The first-order valence-corrected chi connectivity index (χ1v) is 12.7. The average molecular weight is 560 g/mol. The van der Waals surface area contributed by atoms with Gasteiger partial charge in [0.1, 0.15) is 11.6 Å². The van der Waals surface area contributed by atoms with Crippen LogP contribution in [0.5, 0.6) is 11.6 Å². The molecule has 0 bridgehead atoms. The van der Waals surface area contributed by atoms with E-state index in [2.05, 4.69) is 27.2 Å². The van der Waals surface area contributed by atoms with Crippen LogP contribution in [-0.4, -0.2) is 21.4 Å². The van der Waals surface area contributed by atoms with Gasteiger partial charge in [0.2, 0.25) is 5.88 Å². The summed E-state index contributed by atoms with van der Waals surface area (Å²) < 4.78 is 44.1. The number of ether oxygens (including phenoxy) is 1. The lowest BCUT2D eigenvalue weighted by Gasteiger charge is -2.29. The van der Waals surface area contributed by atoms with Crippen molar-refractivity contribution in [3.8, 4) is 11.6 Å². The van der Waals surface area contributed by atoms with E-state index >= 15 is 0 Å². The summed E-state index contributed by atoms with van der Waals surface area (Å²) in [6.07, 6.45) is -0.441. The van der Waals surface area contributed by atoms with E-state index in [0.29, 0.717) is 40.6 Å². The summed E-state index contributed by atoms with van der Waals surface area (Å²) in [6.45, 7) is 5.21. The summed E-state index contributed by atoms with van der Waals surface area (Å²) in [5.74, 6) is 7.17. The molecule has 3 rings (SSSR count). The molecule has 6 nitrogen and oxygen atoms in total. The van der Waals surface area contributed by atoms with E-state index < -0.39 is 11.7 Å². The summed E-state index contributed by atoms with van der Waals surface area (Å²) in [6, 6.07) is 9.38. The van der Waals surface area contributed by atoms with Gasteiger partial charge in [-0.3, -0.25) is 0 Å². The zero-order chi connectivity index (χ0) is 26.3. The number of rotatable bonds is 11. The number of allylic oxidation sites excluding steroid dienone is 1. The minimum absolute atomic E-state index is 0.0774. The first-order valence-electron chi connectivity index (χ1n) is 11.1. The predicted octanol–water partition coefficient (Wildman–Crippen LogP) is 6.96. The number of benzene rings is 1. The van der Waals surface area contributed by atoms with E-state index in [1.54, 1.807) is 18.3 Å². The molecule has 0 aliphatic heterocycles. The third kappa shape index (κ3) is 7.73. The number of hydrogen-bond donors (Lipinski definition) is 2. The molecule has 3 aromatic rings. The van der Waals surface area contributed by atoms with Gasteiger partial charge in [-0.15, -0.1) is 11.3 Å². The van der Waals surface area contributed by atoms with Crippen molar-refractivity contribution in [1.82, 2.24) is 20.3 Å². The predicted molar refractivity (Wildman–Crippen MR) is 137 cm³/mol. The van der Waals surface area contributed by atoms with E-state index in [1.807, 2.05) is 19.1 Å². The summed E-state index contributed by atoms with van der Waals surface area (Å²) in [5, 5.41) is 0.642. The molecule has 0 saturated heterocycles. The molecule has 0 aliphatic carbocycles. The number of hydrazine groups is 1. The van der Waals surface area contributed by atoms with Gasteiger partial charge in [-0.1, -0.05) is 49.2 Å². The zero-order valence-corrected chi connectivity index (χ0v) is 22.0. The van der Waals surface area contributed by atoms with Gasteiger partial charge in [-0.2, -0.15) is 13.2 Å². The van der Waals surface area contributed by atoms with E-state index in [0.717, 1.165) is 29.1 Å². The summed E-state index contributed by atoms with van der Waals surface area (Å²) in [4.78, 5) is 10.9. The Labute approximate surface area is 221 Å². The lowest BCUT2D eigenvalue weighted by atomic mass is 10.1. The minimum atomic E-state index is -4.44. The molecule has 1 atom stereocenters. The second kappa shape index (κ2) is 12.6. The summed E-state index contributed by atoms with van der Waals surface area (Å²) >= 11 is 14.1. The molecular weight excluding hydrogens is 534 g/mol. The average Bonchev–Trinajstić information content (AvgIpc) is 3.27. The van der Waals surface area contributed by atoms with Crippen molar-refractivity contribution in [2.75, 3.05) is 6.54 Å². The van der Waals surface area contributed by atoms with E-state index in [-0.39, 0.29) is 11.8 Å². The fraction of sp³-hybridized carbons (Fsp3) is 0.333. The first-order chi connectivity index (χ1) is 17.1. The van der Waals surface area contributed by atoms with Crippen molar-refractivity contribution in [3.05, 3.63) is 80.1 Å². The first kappa shape index (κ1) is 28.0. The van der Waals surface area contributed by atoms with Crippen LogP contribution in [0.25, 0.3) is 0 Å². The molecule has 194 valence electrons. The molecule has 2 heterocycles. The Kier molecular flexibility index (Phi) is 9.84. The Morgan fingerprint density at radius 2 is 1.89 bits per heavy atom. The fourth-order valence-corrected chi connectivity index (χ4v) is 4.58. The van der Waals surface area contributed by atoms with Gasteiger partial charge in [0.05, 0.1) is 17.1 Å². The number of nitrogens with one attached hydrogen (secondary N) is 1. The van der Waals surface area contributed by atoms with Gasteiger partial charge in [-0.05, 0) is 42.5 Å². The molecule has 0 amide bonds. The molecule has 0 spiro atoms. The molecule has 12 heteroatoms. The molecule has 2 aromatic heterocycles. The van der Waals surface area contributed by atoms with Crippen molar-refractivity contribution in [1.29, 1.82) is 0 Å². The summed E-state index contributed by atoms with van der Waals surface area (Å²) in [5.41, 5.74) is 2.95. The number of halogens is 5. The third-order valence-corrected chi connectivity index (χ3v) is 7.13. The standard InChI is InChI=1S/C24H26Cl2F3N5OS/c1-3-15(2)21(25)22(33-30)34(14-19-13-32-23(26)36-19)11-10-16-4-7-18(8-5-16)35-20-9-6-17(12-31-20)24(27,28)29/h4-9,12-13,15,33H,3,10-11,14,30H2,1-2H3/b22-21-. The van der Waals surface area contributed by atoms with Gasteiger partial charge in [0, 0.05) is 29.9 Å². The second-order valence-corrected chi connectivity index (χ2v) is 10.1. The third-order valence-electron chi connectivity index (χ3n) is 5.48. The Morgan fingerprint density at radius 3 is 2.42 bits per heavy atom. The van der Waals surface area contributed by atoms with Gasteiger partial charge in [0.15, 0.2) is 4.47 Å². The molecule has 1 unspecified atom stereocenters. The lowest BCUT2D eigenvalue weighted by molar-refractivity contribution is -0.137. The van der Waals surface area contributed by atoms with E-state index in [1.165, 1.54) is 17.4 Å². The van der Waals surface area contributed by atoms with Gasteiger partial charge in [-0.25, -0.2) is 15.8 Å². The highest BCUT2D eigenvalue weighted by Crippen LogP contribution is 2.30. The highest BCUT2D eigenvalue weighted by molar-refractivity contribution is 7.15. The highest BCUT2D eigenvalue weighted by atomic mass is 35.5. The van der Waals surface area contributed by atoms with Crippen LogP contribution in [0.4, 0.5) is 13.2 Å². The topological polar surface area (TPSA) is 76.3 Å². The molecule has 0 radical (unpaired) electrons. The van der Waals surface area contributed by atoms with Crippen LogP contribution in [0.1, 0.15) is 36.3 Å². The number of alkyl halides is 3. The Bertz CT molecular complexity index is 1150. The van der Waals surface area contributed by atoms with Crippen molar-refractivity contribution < 1.29 is 17.9 Å². The maximum absolute atomic E-state index is 12.7. The van der Waals surface area contributed by atoms with Crippen molar-refractivity contribution >= 4 is 34.5 Å². The molecule has 0 fully saturated rings. The van der Waals surface area contributed by atoms with Crippen molar-refractivity contribution in [2.45, 2.75) is 39.4 Å². The molecular formula is C24H26Cl2F3N5OS. The number of thiazole rings is 1. The minimum Gasteiger partial charge on any atom is -0.439 e. The monoisotopic (exact) mass is 559 g/mol. The smallest absolute Gasteiger partial charge is 0.417 e. The van der Waals surface area contributed by atoms with Crippen LogP contribution in [0.3, 0.4) is 0 Å². The molecule has 0 aliphatic rings. The fourth-order valence-electron chi connectivity index (χ4n) is 3.26. The Morgan fingerprint density at radius 1 is 1.17 bits per heavy atom. The maximum Gasteiger partial charge on any atom is 0.417 e. The number of nitrogens with zero attached hydrogens (tertiary/aromatic N) is 3. The quantitative estimate of drug-likeness (QED) is 0.195. The molecule has 36 heavy (non-hydrogen) atoms. The van der Waals surface area contributed by atoms with Gasteiger partial charge >= 0.3 is 6.18 Å². The van der Waals surface area contributed by atoms with Gasteiger partial charge in [0.25, 0.3) is 0 Å². The largest absolute Gasteiger partial charge is 0.439 e. The van der Waals surface area contributed by atoms with Gasteiger partial charge < -0.3 is 15.1 Å². The van der Waals surface area contributed by atoms with Crippen molar-refractivity contribution in [2.24, 2.45) is 11.8 Å². The Hall–Kier alpha value is -2.53. The van der Waals surface area contributed by atoms with Crippen LogP contribution < -0.4 is 16.0 Å². The van der Waals surface area contributed by atoms with Crippen molar-refractivity contribution in [3.63, 3.8) is 0 Å². The number of nitrogens with two attached hydrogens (primary N) is 1.